The number of aromatic nitrogens is 1. The molecular formula is C13H13NO2S. The highest BCUT2D eigenvalue weighted by Gasteiger charge is 2.05. The van der Waals surface area contributed by atoms with Crippen LogP contribution in [0, 0.1) is 11.4 Å². The molecule has 0 saturated carbocycles. The van der Waals surface area contributed by atoms with Gasteiger partial charge in [0.2, 0.25) is 0 Å². The van der Waals surface area contributed by atoms with Gasteiger partial charge in [-0.2, -0.15) is 0 Å². The molecule has 2 aromatic rings. The van der Waals surface area contributed by atoms with Crippen molar-refractivity contribution in [2.24, 2.45) is 0 Å². The SMILES string of the molecule is COc1cccc(-n2ccc(=S)c(O)c2C)c1. The maximum absolute atomic E-state index is 9.82. The summed E-state index contributed by atoms with van der Waals surface area (Å²) in [4.78, 5) is 0. The molecule has 2 rings (SSSR count). The number of benzene rings is 1. The molecule has 0 aliphatic rings. The van der Waals surface area contributed by atoms with Crippen molar-refractivity contribution >= 4 is 12.2 Å². The summed E-state index contributed by atoms with van der Waals surface area (Å²) < 4.78 is 7.50. The highest BCUT2D eigenvalue weighted by atomic mass is 32.1. The highest BCUT2D eigenvalue weighted by Crippen LogP contribution is 2.23. The largest absolute Gasteiger partial charge is 0.505 e. The number of ether oxygens (including phenoxy) is 1. The molecule has 4 heteroatoms. The minimum atomic E-state index is 0.144. The van der Waals surface area contributed by atoms with Crippen molar-refractivity contribution in [1.82, 2.24) is 4.57 Å². The van der Waals surface area contributed by atoms with Crippen LogP contribution in [0.3, 0.4) is 0 Å². The van der Waals surface area contributed by atoms with Crippen LogP contribution in [0.1, 0.15) is 5.69 Å². The second-order valence-corrected chi connectivity index (χ2v) is 4.13. The van der Waals surface area contributed by atoms with E-state index < -0.39 is 0 Å². The Morgan fingerprint density at radius 3 is 2.76 bits per heavy atom. The summed E-state index contributed by atoms with van der Waals surface area (Å²) in [6.45, 7) is 1.82. The Morgan fingerprint density at radius 1 is 1.29 bits per heavy atom. The Balaban J connectivity index is 2.60. The molecule has 1 aromatic heterocycles. The summed E-state index contributed by atoms with van der Waals surface area (Å²) in [7, 11) is 1.63. The zero-order valence-electron chi connectivity index (χ0n) is 9.68. The quantitative estimate of drug-likeness (QED) is 0.827. The summed E-state index contributed by atoms with van der Waals surface area (Å²) in [5.41, 5.74) is 1.64. The topological polar surface area (TPSA) is 34.4 Å². The molecule has 0 aliphatic heterocycles. The minimum absolute atomic E-state index is 0.144. The molecule has 3 nitrogen and oxygen atoms in total. The number of nitrogens with zero attached hydrogens (tertiary/aromatic N) is 1. The lowest BCUT2D eigenvalue weighted by Crippen LogP contribution is -2.00. The maximum atomic E-state index is 9.82. The Kier molecular flexibility index (Phi) is 3.15. The number of pyridine rings is 1. The second kappa shape index (κ2) is 4.59. The van der Waals surface area contributed by atoms with Gasteiger partial charge in [0.25, 0.3) is 0 Å². The van der Waals surface area contributed by atoms with E-state index in [1.807, 2.05) is 42.0 Å². The van der Waals surface area contributed by atoms with Crippen molar-refractivity contribution in [2.75, 3.05) is 7.11 Å². The molecule has 0 radical (unpaired) electrons. The number of hydrogen-bond acceptors (Lipinski definition) is 3. The summed E-state index contributed by atoms with van der Waals surface area (Å²) in [5.74, 6) is 0.918. The van der Waals surface area contributed by atoms with Crippen LogP contribution in [-0.2, 0) is 0 Å². The smallest absolute Gasteiger partial charge is 0.153 e. The normalized spacial score (nSPS) is 10.2. The highest BCUT2D eigenvalue weighted by molar-refractivity contribution is 7.71. The van der Waals surface area contributed by atoms with Crippen LogP contribution in [0.5, 0.6) is 11.5 Å². The van der Waals surface area contributed by atoms with Crippen LogP contribution in [0.2, 0.25) is 0 Å². The lowest BCUT2D eigenvalue weighted by atomic mass is 10.2. The van der Waals surface area contributed by atoms with Gasteiger partial charge in [0, 0.05) is 18.0 Å². The summed E-state index contributed by atoms with van der Waals surface area (Å²) in [5, 5.41) is 9.82. The number of aromatic hydroxyl groups is 1. The van der Waals surface area contributed by atoms with Crippen molar-refractivity contribution in [3.8, 4) is 17.2 Å². The predicted octanol–water partition coefficient (Wildman–Crippen LogP) is 3.23. The zero-order chi connectivity index (χ0) is 12.4. The molecule has 17 heavy (non-hydrogen) atoms. The monoisotopic (exact) mass is 247 g/mol. The van der Waals surface area contributed by atoms with Crippen LogP contribution < -0.4 is 4.74 Å². The van der Waals surface area contributed by atoms with E-state index in [0.29, 0.717) is 10.2 Å². The zero-order valence-corrected chi connectivity index (χ0v) is 10.5. The van der Waals surface area contributed by atoms with E-state index in [1.165, 1.54) is 0 Å². The van der Waals surface area contributed by atoms with Crippen LogP contribution in [0.25, 0.3) is 5.69 Å². The molecule has 0 spiro atoms. The molecule has 0 fully saturated rings. The molecule has 0 amide bonds. The molecule has 1 aromatic carbocycles. The van der Waals surface area contributed by atoms with Crippen LogP contribution in [-0.4, -0.2) is 16.8 Å². The lowest BCUT2D eigenvalue weighted by molar-refractivity contribution is 0.414. The van der Waals surface area contributed by atoms with Gasteiger partial charge < -0.3 is 14.4 Å². The van der Waals surface area contributed by atoms with Gasteiger partial charge in [-0.05, 0) is 25.1 Å². The van der Waals surface area contributed by atoms with E-state index >= 15 is 0 Å². The molecule has 0 aliphatic carbocycles. The first kappa shape index (κ1) is 11.7. The summed E-state index contributed by atoms with van der Waals surface area (Å²) in [6, 6.07) is 9.32. The second-order valence-electron chi connectivity index (χ2n) is 3.69. The first-order valence-electron chi connectivity index (χ1n) is 5.19. The Hall–Kier alpha value is -1.81. The lowest BCUT2D eigenvalue weighted by Gasteiger charge is -2.13. The third-order valence-corrected chi connectivity index (χ3v) is 2.97. The van der Waals surface area contributed by atoms with Crippen LogP contribution in [0.15, 0.2) is 36.5 Å². The summed E-state index contributed by atoms with van der Waals surface area (Å²) >= 11 is 5.01. The molecule has 0 saturated heterocycles. The van der Waals surface area contributed by atoms with Gasteiger partial charge in [-0.15, -0.1) is 0 Å². The van der Waals surface area contributed by atoms with E-state index in [9.17, 15) is 5.11 Å². The molecular weight excluding hydrogens is 234 g/mol. The van der Waals surface area contributed by atoms with E-state index in [2.05, 4.69) is 0 Å². The van der Waals surface area contributed by atoms with E-state index in [1.54, 1.807) is 13.2 Å². The van der Waals surface area contributed by atoms with Gasteiger partial charge in [-0.1, -0.05) is 18.3 Å². The van der Waals surface area contributed by atoms with Crippen molar-refractivity contribution in [3.63, 3.8) is 0 Å². The van der Waals surface area contributed by atoms with E-state index in [-0.39, 0.29) is 5.75 Å². The van der Waals surface area contributed by atoms with Gasteiger partial charge >= 0.3 is 0 Å². The number of hydrogen-bond donors (Lipinski definition) is 1. The Bertz CT molecular complexity index is 605. The third kappa shape index (κ3) is 2.17. The van der Waals surface area contributed by atoms with Crippen molar-refractivity contribution in [1.29, 1.82) is 0 Å². The molecule has 0 unspecified atom stereocenters. The summed E-state index contributed by atoms with van der Waals surface area (Å²) in [6.07, 6.45) is 1.84. The third-order valence-electron chi connectivity index (χ3n) is 2.64. The fraction of sp³-hybridized carbons (Fsp3) is 0.154. The van der Waals surface area contributed by atoms with Crippen molar-refractivity contribution in [3.05, 3.63) is 46.7 Å². The van der Waals surface area contributed by atoms with Gasteiger partial charge in [-0.3, -0.25) is 0 Å². The van der Waals surface area contributed by atoms with Gasteiger partial charge in [0.05, 0.1) is 17.3 Å². The van der Waals surface area contributed by atoms with Gasteiger partial charge in [-0.25, -0.2) is 0 Å². The van der Waals surface area contributed by atoms with Gasteiger partial charge in [0.1, 0.15) is 5.75 Å². The predicted molar refractivity (Wildman–Crippen MR) is 69.6 cm³/mol. The molecule has 88 valence electrons. The first-order valence-corrected chi connectivity index (χ1v) is 5.60. The standard InChI is InChI=1S/C13H13NO2S/c1-9-13(15)12(17)6-7-14(9)10-4-3-5-11(8-10)16-2/h3-8,15H,1-2H3. The van der Waals surface area contributed by atoms with Gasteiger partial charge in [0.15, 0.2) is 5.75 Å². The van der Waals surface area contributed by atoms with Crippen molar-refractivity contribution < 1.29 is 9.84 Å². The van der Waals surface area contributed by atoms with E-state index in [4.69, 9.17) is 17.0 Å². The average molecular weight is 247 g/mol. The molecule has 0 bridgehead atoms. The van der Waals surface area contributed by atoms with E-state index in [0.717, 1.165) is 11.4 Å². The van der Waals surface area contributed by atoms with Crippen LogP contribution in [0.4, 0.5) is 0 Å². The molecule has 1 heterocycles. The fourth-order valence-corrected chi connectivity index (χ4v) is 1.87. The van der Waals surface area contributed by atoms with Crippen molar-refractivity contribution in [2.45, 2.75) is 6.92 Å². The van der Waals surface area contributed by atoms with Crippen LogP contribution >= 0.6 is 12.2 Å². The number of rotatable bonds is 2. The molecule has 1 N–H and O–H groups in total. The number of methoxy groups -OCH3 is 1. The minimum Gasteiger partial charge on any atom is -0.505 e. The Labute approximate surface area is 105 Å². The Morgan fingerprint density at radius 2 is 2.06 bits per heavy atom. The maximum Gasteiger partial charge on any atom is 0.153 e. The first-order chi connectivity index (χ1) is 8.13. The average Bonchev–Trinajstić information content (AvgIpc) is 2.36. The molecule has 0 atom stereocenters. The fourth-order valence-electron chi connectivity index (χ4n) is 1.67.